The highest BCUT2D eigenvalue weighted by Gasteiger charge is 2.37. The molecule has 0 fully saturated rings. The highest BCUT2D eigenvalue weighted by molar-refractivity contribution is 7.92. The molecule has 0 bridgehead atoms. The fourth-order valence-electron chi connectivity index (χ4n) is 4.30. The number of carbonyl (C=O) groups is 1. The summed E-state index contributed by atoms with van der Waals surface area (Å²) in [5.41, 5.74) is 5.61. The van der Waals surface area contributed by atoms with Gasteiger partial charge in [-0.2, -0.15) is 0 Å². The molecule has 6 nitrogen and oxygen atoms in total. The van der Waals surface area contributed by atoms with Crippen LogP contribution < -0.4 is 14.4 Å². The van der Waals surface area contributed by atoms with Crippen LogP contribution >= 0.6 is 0 Å². The van der Waals surface area contributed by atoms with Crippen LogP contribution in [0.4, 0.5) is 5.69 Å². The Balaban J connectivity index is 1.58. The Bertz CT molecular complexity index is 1310. The molecule has 178 valence electrons. The van der Waals surface area contributed by atoms with Gasteiger partial charge in [-0.1, -0.05) is 54.6 Å². The molecule has 1 N–H and O–H groups in total. The first-order valence-electron chi connectivity index (χ1n) is 11.3. The molecule has 0 radical (unpaired) electrons. The highest BCUT2D eigenvalue weighted by atomic mass is 32.2. The zero-order valence-electron chi connectivity index (χ0n) is 19.9. The average molecular weight is 479 g/mol. The van der Waals surface area contributed by atoms with Crippen molar-refractivity contribution in [3.8, 4) is 5.75 Å². The summed E-state index contributed by atoms with van der Waals surface area (Å²) in [4.78, 5) is 13.2. The minimum absolute atomic E-state index is 0.0867. The number of sulfonamides is 1. The van der Waals surface area contributed by atoms with E-state index in [2.05, 4.69) is 24.4 Å². The molecule has 2 atom stereocenters. The highest BCUT2D eigenvalue weighted by Crippen LogP contribution is 2.36. The van der Waals surface area contributed by atoms with Crippen molar-refractivity contribution in [2.24, 2.45) is 0 Å². The fraction of sp³-hybridized carbons (Fsp3) is 0.296. The Kier molecular flexibility index (Phi) is 6.66. The Labute approximate surface area is 201 Å². The number of amides is 1. The molecule has 0 aromatic heterocycles. The zero-order valence-corrected chi connectivity index (χ0v) is 20.7. The molecule has 0 saturated carbocycles. The molecule has 4 rings (SSSR count). The first kappa shape index (κ1) is 23.8. The van der Waals surface area contributed by atoms with E-state index in [9.17, 15) is 13.2 Å². The number of fused-ring (bicyclic) bond motifs is 1. The summed E-state index contributed by atoms with van der Waals surface area (Å²) in [5, 5.41) is 3.02. The number of anilines is 1. The first-order chi connectivity index (χ1) is 16.2. The molecule has 7 heteroatoms. The minimum atomic E-state index is -3.74. The molecular weight excluding hydrogens is 448 g/mol. The standard InChI is InChI=1S/C27H30N2O4S/c1-18-14-20(3)23(15-19(18)2)21(4)28-27(30)26-16-29(24-12-8-9-13-25(24)33-26)34(31,32)17-22-10-6-5-7-11-22/h5-15,21,26H,16-17H2,1-4H3,(H,28,30)/t21-,26+/m1/s1. The molecule has 0 aliphatic carbocycles. The van der Waals surface area contributed by atoms with Crippen LogP contribution in [0.25, 0.3) is 0 Å². The number of ether oxygens (including phenoxy) is 1. The maximum Gasteiger partial charge on any atom is 0.263 e. The number of hydrogen-bond acceptors (Lipinski definition) is 4. The van der Waals surface area contributed by atoms with Crippen molar-refractivity contribution in [3.63, 3.8) is 0 Å². The second-order valence-electron chi connectivity index (χ2n) is 8.87. The van der Waals surface area contributed by atoms with Crippen LogP contribution in [0.2, 0.25) is 0 Å². The van der Waals surface area contributed by atoms with Gasteiger partial charge in [0.1, 0.15) is 5.75 Å². The van der Waals surface area contributed by atoms with E-state index in [4.69, 9.17) is 4.74 Å². The van der Waals surface area contributed by atoms with Gasteiger partial charge in [0, 0.05) is 0 Å². The molecule has 0 saturated heterocycles. The van der Waals surface area contributed by atoms with Crippen molar-refractivity contribution in [2.45, 2.75) is 45.6 Å². The lowest BCUT2D eigenvalue weighted by atomic mass is 9.96. The van der Waals surface area contributed by atoms with Crippen molar-refractivity contribution >= 4 is 21.6 Å². The summed E-state index contributed by atoms with van der Waals surface area (Å²) < 4.78 is 34.0. The monoisotopic (exact) mass is 478 g/mol. The Hall–Kier alpha value is -3.32. The van der Waals surface area contributed by atoms with Gasteiger partial charge in [-0.3, -0.25) is 9.10 Å². The number of benzene rings is 3. The van der Waals surface area contributed by atoms with Gasteiger partial charge in [-0.05, 0) is 67.6 Å². The number of carbonyl (C=O) groups excluding carboxylic acids is 1. The van der Waals surface area contributed by atoms with Crippen molar-refractivity contribution in [2.75, 3.05) is 10.8 Å². The molecule has 0 spiro atoms. The maximum atomic E-state index is 13.4. The maximum absolute atomic E-state index is 13.4. The third-order valence-corrected chi connectivity index (χ3v) is 7.98. The summed E-state index contributed by atoms with van der Waals surface area (Å²) in [6.45, 7) is 7.97. The number of nitrogens with one attached hydrogen (secondary N) is 1. The van der Waals surface area contributed by atoms with E-state index in [1.54, 1.807) is 36.4 Å². The lowest BCUT2D eigenvalue weighted by molar-refractivity contribution is -0.128. The Morgan fingerprint density at radius 3 is 2.38 bits per heavy atom. The lowest BCUT2D eigenvalue weighted by Crippen LogP contribution is -2.51. The normalized spacial score (nSPS) is 16.4. The molecule has 34 heavy (non-hydrogen) atoms. The van der Waals surface area contributed by atoms with Crippen LogP contribution in [0.1, 0.15) is 40.8 Å². The smallest absolute Gasteiger partial charge is 0.263 e. The molecule has 3 aromatic carbocycles. The molecule has 3 aromatic rings. The third-order valence-electron chi connectivity index (χ3n) is 6.26. The van der Waals surface area contributed by atoms with Crippen LogP contribution in [0.5, 0.6) is 5.75 Å². The predicted octanol–water partition coefficient (Wildman–Crippen LogP) is 4.59. The minimum Gasteiger partial charge on any atom is -0.476 e. The van der Waals surface area contributed by atoms with Gasteiger partial charge < -0.3 is 10.1 Å². The van der Waals surface area contributed by atoms with Crippen LogP contribution in [-0.4, -0.2) is 27.0 Å². The van der Waals surface area contributed by atoms with Gasteiger partial charge in [0.25, 0.3) is 5.91 Å². The van der Waals surface area contributed by atoms with Gasteiger partial charge in [-0.25, -0.2) is 8.42 Å². The number of para-hydroxylation sites is 2. The van der Waals surface area contributed by atoms with Gasteiger partial charge in [0.2, 0.25) is 10.0 Å². The second kappa shape index (κ2) is 9.50. The second-order valence-corrected chi connectivity index (χ2v) is 10.8. The number of rotatable bonds is 6. The first-order valence-corrected chi connectivity index (χ1v) is 12.9. The van der Waals surface area contributed by atoms with E-state index in [0.29, 0.717) is 17.0 Å². The molecule has 1 aliphatic rings. The SMILES string of the molecule is Cc1cc(C)c([C@@H](C)NC(=O)[C@@H]2CN(S(=O)(=O)Cc3ccccc3)c3ccccc3O2)cc1C. The van der Waals surface area contributed by atoms with Crippen molar-refractivity contribution in [3.05, 3.63) is 94.5 Å². The van der Waals surface area contributed by atoms with Gasteiger partial charge in [0.05, 0.1) is 24.0 Å². The summed E-state index contributed by atoms with van der Waals surface area (Å²) in [6, 6.07) is 19.9. The van der Waals surface area contributed by atoms with Crippen LogP contribution in [0.15, 0.2) is 66.7 Å². The molecular formula is C27H30N2O4S. The summed E-state index contributed by atoms with van der Waals surface area (Å²) >= 11 is 0. The van der Waals surface area contributed by atoms with E-state index in [1.807, 2.05) is 39.0 Å². The van der Waals surface area contributed by atoms with E-state index in [-0.39, 0.29) is 24.2 Å². The Morgan fingerprint density at radius 2 is 1.65 bits per heavy atom. The molecule has 1 heterocycles. The predicted molar refractivity (Wildman–Crippen MR) is 134 cm³/mol. The topological polar surface area (TPSA) is 75.7 Å². The quantitative estimate of drug-likeness (QED) is 0.562. The number of hydrogen-bond donors (Lipinski definition) is 1. The number of nitrogens with zero attached hydrogens (tertiary/aromatic N) is 1. The average Bonchev–Trinajstić information content (AvgIpc) is 2.80. The third kappa shape index (κ3) is 4.94. The summed E-state index contributed by atoms with van der Waals surface area (Å²) in [6.07, 6.45) is -0.963. The van der Waals surface area contributed by atoms with E-state index >= 15 is 0 Å². The van der Waals surface area contributed by atoms with E-state index in [1.165, 1.54) is 9.87 Å². The molecule has 1 amide bonds. The van der Waals surface area contributed by atoms with Crippen LogP contribution in [-0.2, 0) is 20.6 Å². The molecule has 1 aliphatic heterocycles. The number of aryl methyl sites for hydroxylation is 3. The van der Waals surface area contributed by atoms with Crippen LogP contribution in [0.3, 0.4) is 0 Å². The van der Waals surface area contributed by atoms with E-state index < -0.39 is 16.1 Å². The van der Waals surface area contributed by atoms with Crippen molar-refractivity contribution in [1.29, 1.82) is 0 Å². The largest absolute Gasteiger partial charge is 0.476 e. The van der Waals surface area contributed by atoms with Gasteiger partial charge in [-0.15, -0.1) is 0 Å². The Morgan fingerprint density at radius 1 is 1.00 bits per heavy atom. The van der Waals surface area contributed by atoms with Crippen molar-refractivity contribution < 1.29 is 17.9 Å². The van der Waals surface area contributed by atoms with Crippen molar-refractivity contribution in [1.82, 2.24) is 5.32 Å². The summed E-state index contributed by atoms with van der Waals surface area (Å²) in [7, 11) is -3.74. The molecule has 0 unspecified atom stereocenters. The van der Waals surface area contributed by atoms with Gasteiger partial charge in [0.15, 0.2) is 6.10 Å². The fourth-order valence-corrected chi connectivity index (χ4v) is 5.88. The lowest BCUT2D eigenvalue weighted by Gasteiger charge is -2.35. The van der Waals surface area contributed by atoms with Gasteiger partial charge >= 0.3 is 0 Å². The van der Waals surface area contributed by atoms with E-state index in [0.717, 1.165) is 16.7 Å². The van der Waals surface area contributed by atoms with Crippen LogP contribution in [0, 0.1) is 20.8 Å². The zero-order chi connectivity index (χ0) is 24.5. The summed E-state index contributed by atoms with van der Waals surface area (Å²) in [5.74, 6) is -0.130.